The fourth-order valence-corrected chi connectivity index (χ4v) is 6.91. The third-order valence-corrected chi connectivity index (χ3v) is 9.50. The summed E-state index contributed by atoms with van der Waals surface area (Å²) in [7, 11) is 3.23. The molecule has 3 aromatic heterocycles. The molecule has 0 N–H and O–H groups in total. The van der Waals surface area contributed by atoms with Crippen LogP contribution in [0.25, 0.3) is 27.2 Å². The summed E-state index contributed by atoms with van der Waals surface area (Å²) in [6, 6.07) is 13.4. The molecule has 0 radical (unpaired) electrons. The average Bonchev–Trinajstić information content (AvgIpc) is 3.79. The van der Waals surface area contributed by atoms with Crippen molar-refractivity contribution in [1.82, 2.24) is 24.2 Å². The summed E-state index contributed by atoms with van der Waals surface area (Å²) in [5, 5.41) is 5.44. The normalized spacial score (nSPS) is 14.6. The molecule has 1 fully saturated rings. The SMILES string of the molecule is COC(=O)c1sc(-n2cnc3cc(-c4cnn(C)c4)ccc32)cc1O[C@H](C)c1cccc(OC2CCN(C(=O)OC(C)(C)C)CC2)c1Cl. The number of carbonyl (C=O) groups is 2. The lowest BCUT2D eigenvalue weighted by Gasteiger charge is -2.33. The number of fused-ring (bicyclic) bond motifs is 1. The number of amides is 1. The second kappa shape index (κ2) is 13.5. The number of halogens is 1. The highest BCUT2D eigenvalue weighted by Crippen LogP contribution is 2.40. The zero-order chi connectivity index (χ0) is 34.2. The van der Waals surface area contributed by atoms with Crippen LogP contribution < -0.4 is 9.47 Å². The molecule has 11 nitrogen and oxygen atoms in total. The molecule has 1 saturated heterocycles. The number of ether oxygens (including phenoxy) is 4. The predicted molar refractivity (Wildman–Crippen MR) is 184 cm³/mol. The summed E-state index contributed by atoms with van der Waals surface area (Å²) in [4.78, 5) is 32.0. The van der Waals surface area contributed by atoms with Gasteiger partial charge in [-0.2, -0.15) is 5.10 Å². The van der Waals surface area contributed by atoms with Gasteiger partial charge in [-0.05, 0) is 51.5 Å². The number of piperidine rings is 1. The van der Waals surface area contributed by atoms with E-state index in [1.54, 1.807) is 15.9 Å². The summed E-state index contributed by atoms with van der Waals surface area (Å²) >= 11 is 8.14. The summed E-state index contributed by atoms with van der Waals surface area (Å²) in [6.45, 7) is 8.51. The van der Waals surface area contributed by atoms with Crippen LogP contribution in [0.15, 0.2) is 61.2 Å². The number of carbonyl (C=O) groups excluding carboxylic acids is 2. The number of rotatable bonds is 8. The highest BCUT2D eigenvalue weighted by atomic mass is 35.5. The van der Waals surface area contributed by atoms with Crippen LogP contribution in [0.1, 0.15) is 61.9 Å². The summed E-state index contributed by atoms with van der Waals surface area (Å²) in [6.07, 6.45) is 5.86. The van der Waals surface area contributed by atoms with Gasteiger partial charge in [0.25, 0.3) is 0 Å². The lowest BCUT2D eigenvalue weighted by atomic mass is 10.1. The van der Waals surface area contributed by atoms with Gasteiger partial charge in [-0.15, -0.1) is 11.3 Å². The zero-order valence-corrected chi connectivity index (χ0v) is 29.3. The van der Waals surface area contributed by atoms with Crippen molar-refractivity contribution in [2.75, 3.05) is 20.2 Å². The minimum atomic E-state index is -0.543. The quantitative estimate of drug-likeness (QED) is 0.151. The van der Waals surface area contributed by atoms with Gasteiger partial charge in [0.2, 0.25) is 0 Å². The molecule has 6 rings (SSSR count). The average molecular weight is 692 g/mol. The van der Waals surface area contributed by atoms with E-state index in [0.717, 1.165) is 27.2 Å². The van der Waals surface area contributed by atoms with Gasteiger partial charge in [0.15, 0.2) is 4.88 Å². The van der Waals surface area contributed by atoms with Gasteiger partial charge in [0.05, 0.1) is 29.4 Å². The van der Waals surface area contributed by atoms with Gasteiger partial charge in [-0.3, -0.25) is 9.25 Å². The lowest BCUT2D eigenvalue weighted by molar-refractivity contribution is 0.0126. The van der Waals surface area contributed by atoms with Crippen LogP contribution in [0.5, 0.6) is 11.5 Å². The van der Waals surface area contributed by atoms with Crippen molar-refractivity contribution in [1.29, 1.82) is 0 Å². The monoisotopic (exact) mass is 691 g/mol. The van der Waals surface area contributed by atoms with Crippen molar-refractivity contribution < 1.29 is 28.5 Å². The minimum absolute atomic E-state index is 0.108. The number of hydrogen-bond acceptors (Lipinski definition) is 9. The van der Waals surface area contributed by atoms with E-state index in [-0.39, 0.29) is 12.2 Å². The first kappa shape index (κ1) is 33.4. The lowest BCUT2D eigenvalue weighted by Crippen LogP contribution is -2.44. The molecule has 4 heterocycles. The van der Waals surface area contributed by atoms with Crippen molar-refractivity contribution in [2.24, 2.45) is 7.05 Å². The molecule has 0 aliphatic carbocycles. The van der Waals surface area contributed by atoms with Crippen LogP contribution in [0.4, 0.5) is 4.79 Å². The number of hydrogen-bond donors (Lipinski definition) is 0. The molecular formula is C35H38ClN5O6S. The third-order valence-electron chi connectivity index (χ3n) is 8.00. The minimum Gasteiger partial charge on any atom is -0.489 e. The van der Waals surface area contributed by atoms with E-state index in [9.17, 15) is 9.59 Å². The Hall–Kier alpha value is -4.55. The fraction of sp³-hybridized carbons (Fsp3) is 0.371. The van der Waals surface area contributed by atoms with E-state index in [4.69, 9.17) is 30.5 Å². The first-order chi connectivity index (χ1) is 22.9. The Morgan fingerprint density at radius 3 is 2.52 bits per heavy atom. The number of esters is 1. The van der Waals surface area contributed by atoms with Crippen molar-refractivity contribution >= 4 is 46.0 Å². The topological polar surface area (TPSA) is 110 Å². The number of nitrogens with zero attached hydrogens (tertiary/aromatic N) is 5. The van der Waals surface area contributed by atoms with Crippen LogP contribution in [0.3, 0.4) is 0 Å². The Morgan fingerprint density at radius 1 is 1.06 bits per heavy atom. The van der Waals surface area contributed by atoms with Crippen molar-refractivity contribution in [2.45, 2.75) is 58.3 Å². The van der Waals surface area contributed by atoms with E-state index in [2.05, 4.69) is 10.1 Å². The largest absolute Gasteiger partial charge is 0.489 e. The first-order valence-electron chi connectivity index (χ1n) is 15.7. The second-order valence-electron chi connectivity index (χ2n) is 12.7. The molecule has 1 aliphatic heterocycles. The van der Waals surface area contributed by atoms with Gasteiger partial charge in [0, 0.05) is 56.4 Å². The molecule has 1 amide bonds. The molecule has 0 bridgehead atoms. The third kappa shape index (κ3) is 7.14. The Labute approximate surface area is 287 Å². The first-order valence-corrected chi connectivity index (χ1v) is 16.9. The maximum Gasteiger partial charge on any atom is 0.410 e. The van der Waals surface area contributed by atoms with Gasteiger partial charge in [-0.25, -0.2) is 14.6 Å². The van der Waals surface area contributed by atoms with Crippen molar-refractivity contribution in [3.05, 3.63) is 76.6 Å². The number of thiophene rings is 1. The van der Waals surface area contributed by atoms with Crippen LogP contribution >= 0.6 is 22.9 Å². The number of likely N-dealkylation sites (tertiary alicyclic amines) is 1. The fourth-order valence-electron chi connectivity index (χ4n) is 5.59. The number of aromatic nitrogens is 4. The van der Waals surface area contributed by atoms with Gasteiger partial charge < -0.3 is 23.8 Å². The molecule has 13 heteroatoms. The molecule has 1 aliphatic rings. The standard InChI is InChI=1S/C35H38ClN5O6S/c1-21(25-8-7-9-28(31(25)36)46-24-12-14-40(15-13-24)34(43)47-35(2,3)4)45-29-17-30(48-32(29)33(42)44-6)41-20-37-26-16-22(10-11-27(26)41)23-18-38-39(5)19-23/h7-11,16-21,24H,12-15H2,1-6H3/t21-/m1/s1. The molecule has 252 valence electrons. The molecule has 1 atom stereocenters. The zero-order valence-electron chi connectivity index (χ0n) is 27.7. The molecule has 0 unspecified atom stereocenters. The van der Waals surface area contributed by atoms with E-state index in [1.807, 2.05) is 94.2 Å². The smallest absolute Gasteiger partial charge is 0.410 e. The van der Waals surface area contributed by atoms with E-state index in [1.165, 1.54) is 18.4 Å². The van der Waals surface area contributed by atoms with Crippen LogP contribution in [0, 0.1) is 0 Å². The number of imidazole rings is 1. The molecule has 0 spiro atoms. The van der Waals surface area contributed by atoms with Crippen molar-refractivity contribution in [3.63, 3.8) is 0 Å². The van der Waals surface area contributed by atoms with Crippen LogP contribution in [0.2, 0.25) is 5.02 Å². The summed E-state index contributed by atoms with van der Waals surface area (Å²) in [5.74, 6) is 0.410. The van der Waals surface area contributed by atoms with E-state index in [0.29, 0.717) is 52.9 Å². The van der Waals surface area contributed by atoms with Gasteiger partial charge >= 0.3 is 12.1 Å². The molecule has 2 aromatic carbocycles. The van der Waals surface area contributed by atoms with Gasteiger partial charge in [-0.1, -0.05) is 29.8 Å². The Morgan fingerprint density at radius 2 is 1.83 bits per heavy atom. The molecular weight excluding hydrogens is 654 g/mol. The number of aryl methyl sites for hydroxylation is 1. The summed E-state index contributed by atoms with van der Waals surface area (Å²) < 4.78 is 27.0. The van der Waals surface area contributed by atoms with Crippen molar-refractivity contribution in [3.8, 4) is 27.6 Å². The molecule has 48 heavy (non-hydrogen) atoms. The van der Waals surface area contributed by atoms with Gasteiger partial charge in [0.1, 0.15) is 40.6 Å². The van der Waals surface area contributed by atoms with Crippen LogP contribution in [-0.2, 0) is 16.5 Å². The van der Waals surface area contributed by atoms with Crippen LogP contribution in [-0.4, -0.2) is 68.2 Å². The molecule has 5 aromatic rings. The Bertz CT molecular complexity index is 1950. The Kier molecular flexibility index (Phi) is 9.39. The maximum atomic E-state index is 12.9. The highest BCUT2D eigenvalue weighted by Gasteiger charge is 2.29. The second-order valence-corrected chi connectivity index (χ2v) is 14.1. The Balaban J connectivity index is 1.18. The number of benzene rings is 2. The van der Waals surface area contributed by atoms with E-state index >= 15 is 0 Å². The molecule has 0 saturated carbocycles. The predicted octanol–water partition coefficient (Wildman–Crippen LogP) is 7.85. The van der Waals surface area contributed by atoms with E-state index < -0.39 is 17.7 Å². The highest BCUT2D eigenvalue weighted by molar-refractivity contribution is 7.16. The maximum absolute atomic E-state index is 12.9. The number of methoxy groups -OCH3 is 1. The summed E-state index contributed by atoms with van der Waals surface area (Å²) in [5.41, 5.74) is 3.86.